The highest BCUT2D eigenvalue weighted by Gasteiger charge is 2.20. The van der Waals surface area contributed by atoms with E-state index in [-0.39, 0.29) is 12.0 Å². The molecule has 1 fully saturated rings. The zero-order chi connectivity index (χ0) is 17.7. The van der Waals surface area contributed by atoms with Crippen molar-refractivity contribution < 1.29 is 22.7 Å². The molecule has 0 radical (unpaired) electrons. The molecule has 1 saturated heterocycles. The van der Waals surface area contributed by atoms with Crippen molar-refractivity contribution in [3.63, 3.8) is 0 Å². The number of anilines is 1. The van der Waals surface area contributed by atoms with E-state index in [1.807, 2.05) is 0 Å². The number of nitrogens with one attached hydrogen (secondary N) is 1. The maximum Gasteiger partial charge on any atom is 0.260 e. The van der Waals surface area contributed by atoms with Gasteiger partial charge >= 0.3 is 0 Å². The van der Waals surface area contributed by atoms with Crippen molar-refractivity contribution in [1.29, 1.82) is 0 Å². The molecule has 0 bridgehead atoms. The number of hydrogen-bond acceptors (Lipinski definition) is 5. The maximum absolute atomic E-state index is 12.0. The van der Waals surface area contributed by atoms with Gasteiger partial charge in [0.05, 0.1) is 18.0 Å². The summed E-state index contributed by atoms with van der Waals surface area (Å²) in [6.07, 6.45) is 2.57. The number of carbonyl (C=O) groups is 1. The van der Waals surface area contributed by atoms with E-state index in [2.05, 4.69) is 5.32 Å². The highest BCUT2D eigenvalue weighted by molar-refractivity contribution is 7.92. The molecule has 1 heterocycles. The second-order valence-electron chi connectivity index (χ2n) is 5.86. The van der Waals surface area contributed by atoms with Gasteiger partial charge in [0.2, 0.25) is 10.0 Å². The van der Waals surface area contributed by atoms with Crippen molar-refractivity contribution in [2.45, 2.75) is 32.0 Å². The molecule has 2 rings (SSSR count). The van der Waals surface area contributed by atoms with Gasteiger partial charge in [0, 0.05) is 20.2 Å². The molecule has 1 aliphatic rings. The number of carbonyl (C=O) groups excluding carboxylic acids is 1. The topological polar surface area (TPSA) is 84.9 Å². The lowest BCUT2D eigenvalue weighted by molar-refractivity contribution is -0.127. The molecule has 1 aromatic rings. The third-order valence-corrected chi connectivity index (χ3v) is 5.11. The molecule has 0 saturated carbocycles. The van der Waals surface area contributed by atoms with Crippen LogP contribution in [0.3, 0.4) is 0 Å². The molecule has 1 N–H and O–H groups in total. The van der Waals surface area contributed by atoms with Crippen LogP contribution < -0.4 is 14.4 Å². The summed E-state index contributed by atoms with van der Waals surface area (Å²) in [5.74, 6) is 0.295. The van der Waals surface area contributed by atoms with Gasteiger partial charge in [-0.05, 0) is 44.0 Å². The first-order valence-electron chi connectivity index (χ1n) is 7.87. The van der Waals surface area contributed by atoms with Gasteiger partial charge in [0.15, 0.2) is 6.10 Å². The molecular formula is C16H24N2O5S. The number of sulfonamides is 1. The normalized spacial score (nSPS) is 18.9. The van der Waals surface area contributed by atoms with E-state index in [0.717, 1.165) is 25.7 Å². The van der Waals surface area contributed by atoms with E-state index in [1.165, 1.54) is 11.4 Å². The largest absolute Gasteiger partial charge is 0.481 e. The van der Waals surface area contributed by atoms with Gasteiger partial charge in [-0.1, -0.05) is 0 Å². The Bertz CT molecular complexity index is 654. The average molecular weight is 356 g/mol. The fraction of sp³-hybridized carbons (Fsp3) is 0.562. The second kappa shape index (κ2) is 7.85. The highest BCUT2D eigenvalue weighted by Crippen LogP contribution is 2.21. The molecule has 1 aromatic carbocycles. The standard InChI is InChI=1S/C16H24N2O5S/c1-12(16(19)17-11-15-5-4-10-22-15)23-14-8-6-13(7-9-14)18(2)24(3,20)21/h6-9,12,15H,4-5,10-11H2,1-3H3,(H,17,19)/t12-,15-/m1/s1. The molecule has 0 unspecified atom stereocenters. The molecule has 0 aromatic heterocycles. The third-order valence-electron chi connectivity index (χ3n) is 3.91. The third kappa shape index (κ3) is 5.10. The Kier molecular flexibility index (Phi) is 6.06. The first kappa shape index (κ1) is 18.5. The van der Waals surface area contributed by atoms with Gasteiger partial charge in [0.25, 0.3) is 5.91 Å². The lowest BCUT2D eigenvalue weighted by atomic mass is 10.2. The summed E-state index contributed by atoms with van der Waals surface area (Å²) in [5, 5.41) is 2.82. The van der Waals surface area contributed by atoms with Gasteiger partial charge in [-0.3, -0.25) is 9.10 Å². The minimum atomic E-state index is -3.30. The molecule has 0 aliphatic carbocycles. The quantitative estimate of drug-likeness (QED) is 0.792. The van der Waals surface area contributed by atoms with Gasteiger partial charge < -0.3 is 14.8 Å². The number of ether oxygens (including phenoxy) is 2. The average Bonchev–Trinajstić information content (AvgIpc) is 3.05. The molecule has 1 amide bonds. The van der Waals surface area contributed by atoms with E-state index in [0.29, 0.717) is 18.0 Å². The Morgan fingerprint density at radius 1 is 1.42 bits per heavy atom. The van der Waals surface area contributed by atoms with Crippen LogP contribution >= 0.6 is 0 Å². The molecule has 7 nitrogen and oxygen atoms in total. The smallest absolute Gasteiger partial charge is 0.260 e. The summed E-state index contributed by atoms with van der Waals surface area (Å²) in [7, 11) is -1.83. The Morgan fingerprint density at radius 3 is 2.62 bits per heavy atom. The Labute approximate surface area is 143 Å². The predicted molar refractivity (Wildman–Crippen MR) is 91.8 cm³/mol. The molecule has 2 atom stereocenters. The van der Waals surface area contributed by atoms with Crippen LogP contribution in [0.15, 0.2) is 24.3 Å². The van der Waals surface area contributed by atoms with Crippen LogP contribution in [0.1, 0.15) is 19.8 Å². The highest BCUT2D eigenvalue weighted by atomic mass is 32.2. The molecule has 0 spiro atoms. The van der Waals surface area contributed by atoms with Crippen LogP contribution in [0.5, 0.6) is 5.75 Å². The fourth-order valence-corrected chi connectivity index (χ4v) is 2.85. The summed E-state index contributed by atoms with van der Waals surface area (Å²) in [6, 6.07) is 6.54. The van der Waals surface area contributed by atoms with Crippen molar-refractivity contribution in [2.75, 3.05) is 30.8 Å². The van der Waals surface area contributed by atoms with Gasteiger partial charge in [-0.2, -0.15) is 0 Å². The van der Waals surface area contributed by atoms with Crippen LogP contribution in [0.4, 0.5) is 5.69 Å². The lowest BCUT2D eigenvalue weighted by Gasteiger charge is -2.19. The number of hydrogen-bond donors (Lipinski definition) is 1. The predicted octanol–water partition coefficient (Wildman–Crippen LogP) is 1.14. The Hall–Kier alpha value is -1.80. The zero-order valence-corrected chi connectivity index (χ0v) is 15.0. The molecule has 24 heavy (non-hydrogen) atoms. The minimum absolute atomic E-state index is 0.0898. The monoisotopic (exact) mass is 356 g/mol. The summed E-state index contributed by atoms with van der Waals surface area (Å²) < 4.78 is 35.2. The summed E-state index contributed by atoms with van der Waals surface area (Å²) >= 11 is 0. The number of benzene rings is 1. The van der Waals surface area contributed by atoms with Gasteiger partial charge in [0.1, 0.15) is 5.75 Å². The Balaban J connectivity index is 1.86. The SMILES string of the molecule is C[C@@H](Oc1ccc(N(C)S(C)(=O)=O)cc1)C(=O)NC[C@H]1CCCO1. The van der Waals surface area contributed by atoms with Crippen molar-refractivity contribution in [2.24, 2.45) is 0 Å². The Morgan fingerprint density at radius 2 is 2.08 bits per heavy atom. The number of amides is 1. The fourth-order valence-electron chi connectivity index (χ4n) is 2.35. The molecule has 1 aliphatic heterocycles. The van der Waals surface area contributed by atoms with Crippen molar-refractivity contribution in [3.8, 4) is 5.75 Å². The van der Waals surface area contributed by atoms with E-state index in [4.69, 9.17) is 9.47 Å². The van der Waals surface area contributed by atoms with Gasteiger partial charge in [-0.15, -0.1) is 0 Å². The first-order valence-corrected chi connectivity index (χ1v) is 9.72. The summed E-state index contributed by atoms with van der Waals surface area (Å²) in [4.78, 5) is 12.0. The first-order chi connectivity index (χ1) is 11.3. The van der Waals surface area contributed by atoms with Crippen molar-refractivity contribution in [1.82, 2.24) is 5.32 Å². The van der Waals surface area contributed by atoms with Crippen molar-refractivity contribution >= 4 is 21.6 Å². The van der Waals surface area contributed by atoms with E-state index in [1.54, 1.807) is 31.2 Å². The number of rotatable bonds is 7. The van der Waals surface area contributed by atoms with Crippen LogP contribution in [0, 0.1) is 0 Å². The van der Waals surface area contributed by atoms with Crippen LogP contribution in [-0.2, 0) is 19.6 Å². The minimum Gasteiger partial charge on any atom is -0.481 e. The van der Waals surface area contributed by atoms with Crippen LogP contribution in [-0.4, -0.2) is 53.0 Å². The molecule has 134 valence electrons. The second-order valence-corrected chi connectivity index (χ2v) is 7.88. The van der Waals surface area contributed by atoms with Crippen LogP contribution in [0.25, 0.3) is 0 Å². The summed E-state index contributed by atoms with van der Waals surface area (Å²) in [6.45, 7) is 2.91. The van der Waals surface area contributed by atoms with E-state index >= 15 is 0 Å². The lowest BCUT2D eigenvalue weighted by Crippen LogP contribution is -2.40. The molecule has 8 heteroatoms. The van der Waals surface area contributed by atoms with Crippen LogP contribution in [0.2, 0.25) is 0 Å². The molecular weight excluding hydrogens is 332 g/mol. The van der Waals surface area contributed by atoms with Gasteiger partial charge in [-0.25, -0.2) is 8.42 Å². The summed E-state index contributed by atoms with van der Waals surface area (Å²) in [5.41, 5.74) is 0.528. The van der Waals surface area contributed by atoms with E-state index in [9.17, 15) is 13.2 Å². The van der Waals surface area contributed by atoms with Crippen molar-refractivity contribution in [3.05, 3.63) is 24.3 Å². The maximum atomic E-state index is 12.0. The number of nitrogens with zero attached hydrogens (tertiary/aromatic N) is 1. The zero-order valence-electron chi connectivity index (χ0n) is 14.2. The van der Waals surface area contributed by atoms with E-state index < -0.39 is 16.1 Å².